The second-order valence-electron chi connectivity index (χ2n) is 5.41. The molecule has 0 radical (unpaired) electrons. The first-order valence-corrected chi connectivity index (χ1v) is 7.06. The number of amides is 1. The zero-order valence-electron chi connectivity index (χ0n) is 13.1. The van der Waals surface area contributed by atoms with Crippen LogP contribution in [-0.2, 0) is 16.1 Å². The van der Waals surface area contributed by atoms with Crippen LogP contribution in [-0.4, -0.2) is 37.7 Å². The molecule has 126 valence electrons. The third-order valence-corrected chi connectivity index (χ3v) is 4.00. The van der Waals surface area contributed by atoms with E-state index in [1.165, 1.54) is 0 Å². The van der Waals surface area contributed by atoms with Gasteiger partial charge in [0.05, 0.1) is 24.3 Å². The lowest BCUT2D eigenvalue weighted by Crippen LogP contribution is -2.50. The number of aromatic nitrogens is 1. The molecule has 2 heterocycles. The van der Waals surface area contributed by atoms with E-state index in [2.05, 4.69) is 15.6 Å². The Hall–Kier alpha value is -0.880. The van der Waals surface area contributed by atoms with Gasteiger partial charge in [-0.15, -0.1) is 24.8 Å². The molecule has 2 rings (SSSR count). The number of halogens is 2. The minimum absolute atomic E-state index is 0. The molecule has 1 aliphatic heterocycles. The first kappa shape index (κ1) is 21.1. The summed E-state index contributed by atoms with van der Waals surface area (Å²) in [7, 11) is 1.65. The molecule has 7 heteroatoms. The van der Waals surface area contributed by atoms with Gasteiger partial charge in [-0.1, -0.05) is 6.07 Å². The highest BCUT2D eigenvalue weighted by Gasteiger charge is 2.39. The third kappa shape index (κ3) is 5.09. The van der Waals surface area contributed by atoms with Crippen LogP contribution in [0.1, 0.15) is 24.1 Å². The number of hydrogen-bond donors (Lipinski definition) is 2. The Labute approximate surface area is 144 Å². The van der Waals surface area contributed by atoms with E-state index in [4.69, 9.17) is 4.74 Å². The van der Waals surface area contributed by atoms with Gasteiger partial charge < -0.3 is 15.4 Å². The van der Waals surface area contributed by atoms with Gasteiger partial charge in [0.1, 0.15) is 0 Å². The van der Waals surface area contributed by atoms with Gasteiger partial charge in [-0.05, 0) is 44.5 Å². The smallest absolute Gasteiger partial charge is 0.228 e. The van der Waals surface area contributed by atoms with Crippen molar-refractivity contribution in [3.05, 3.63) is 29.6 Å². The van der Waals surface area contributed by atoms with E-state index < -0.39 is 5.41 Å². The molecule has 0 saturated carbocycles. The highest BCUT2D eigenvalue weighted by atomic mass is 35.5. The van der Waals surface area contributed by atoms with Crippen LogP contribution in [0.2, 0.25) is 0 Å². The van der Waals surface area contributed by atoms with Crippen molar-refractivity contribution in [1.29, 1.82) is 0 Å². The maximum Gasteiger partial charge on any atom is 0.228 e. The number of rotatable bonds is 5. The number of methoxy groups -OCH3 is 1. The number of pyridine rings is 1. The molecule has 1 aromatic rings. The largest absolute Gasteiger partial charge is 0.384 e. The molecule has 0 atom stereocenters. The van der Waals surface area contributed by atoms with Crippen molar-refractivity contribution in [3.63, 3.8) is 0 Å². The molecule has 1 aromatic heterocycles. The van der Waals surface area contributed by atoms with E-state index >= 15 is 0 Å². The minimum atomic E-state index is -0.400. The van der Waals surface area contributed by atoms with Crippen LogP contribution in [0.3, 0.4) is 0 Å². The summed E-state index contributed by atoms with van der Waals surface area (Å²) in [6.45, 7) is 4.68. The van der Waals surface area contributed by atoms with Crippen molar-refractivity contribution >= 4 is 30.7 Å². The Morgan fingerprint density at radius 2 is 2.09 bits per heavy atom. The summed E-state index contributed by atoms with van der Waals surface area (Å²) in [6.07, 6.45) is 3.38. The molecule has 0 spiro atoms. The molecule has 5 nitrogen and oxygen atoms in total. The van der Waals surface area contributed by atoms with Gasteiger partial charge >= 0.3 is 0 Å². The Kier molecular flexibility index (Phi) is 9.60. The summed E-state index contributed by atoms with van der Waals surface area (Å²) in [6, 6.07) is 3.91. The van der Waals surface area contributed by atoms with Crippen molar-refractivity contribution < 1.29 is 9.53 Å². The topological polar surface area (TPSA) is 63.2 Å². The van der Waals surface area contributed by atoms with E-state index in [0.29, 0.717) is 13.2 Å². The van der Waals surface area contributed by atoms with E-state index in [0.717, 1.165) is 37.2 Å². The van der Waals surface area contributed by atoms with Crippen LogP contribution in [0.5, 0.6) is 0 Å². The summed E-state index contributed by atoms with van der Waals surface area (Å²) in [5, 5.41) is 6.31. The Morgan fingerprint density at radius 3 is 2.68 bits per heavy atom. The number of hydrogen-bond acceptors (Lipinski definition) is 4. The molecular weight excluding hydrogens is 325 g/mol. The van der Waals surface area contributed by atoms with Gasteiger partial charge in [-0.25, -0.2) is 0 Å². The molecule has 2 N–H and O–H groups in total. The van der Waals surface area contributed by atoms with Crippen molar-refractivity contribution in [3.8, 4) is 0 Å². The molecule has 0 aliphatic carbocycles. The summed E-state index contributed by atoms with van der Waals surface area (Å²) in [5.74, 6) is 0.0749. The lowest BCUT2D eigenvalue weighted by atomic mass is 9.78. The predicted octanol–water partition coefficient (Wildman–Crippen LogP) is 1.87. The van der Waals surface area contributed by atoms with E-state index in [1.807, 2.05) is 19.1 Å². The van der Waals surface area contributed by atoms with Gasteiger partial charge in [0, 0.05) is 13.3 Å². The quantitative estimate of drug-likeness (QED) is 0.851. The number of nitrogens with one attached hydrogen (secondary N) is 2. The summed E-state index contributed by atoms with van der Waals surface area (Å²) >= 11 is 0. The van der Waals surface area contributed by atoms with Crippen molar-refractivity contribution in [2.75, 3.05) is 26.8 Å². The van der Waals surface area contributed by atoms with Gasteiger partial charge in [-0.2, -0.15) is 0 Å². The first-order chi connectivity index (χ1) is 9.68. The molecule has 0 bridgehead atoms. The average molecular weight is 350 g/mol. The lowest BCUT2D eigenvalue weighted by molar-refractivity contribution is -0.136. The molecule has 1 amide bonds. The fraction of sp³-hybridized carbons (Fsp3) is 0.600. The van der Waals surface area contributed by atoms with Crippen molar-refractivity contribution in [1.82, 2.24) is 15.6 Å². The zero-order chi connectivity index (χ0) is 14.4. The Bertz CT molecular complexity index is 460. The van der Waals surface area contributed by atoms with Crippen LogP contribution in [0, 0.1) is 12.3 Å². The number of carbonyl (C=O) groups is 1. The fourth-order valence-electron chi connectivity index (χ4n) is 2.67. The van der Waals surface area contributed by atoms with Crippen LogP contribution in [0.4, 0.5) is 0 Å². The second kappa shape index (κ2) is 10.0. The van der Waals surface area contributed by atoms with Crippen molar-refractivity contribution in [2.24, 2.45) is 5.41 Å². The number of nitrogens with zero attached hydrogens (tertiary/aromatic N) is 1. The van der Waals surface area contributed by atoms with Crippen LogP contribution < -0.4 is 10.6 Å². The number of carbonyl (C=O) groups excluding carboxylic acids is 1. The highest BCUT2D eigenvalue weighted by molar-refractivity contribution is 5.85. The van der Waals surface area contributed by atoms with Crippen LogP contribution in [0.25, 0.3) is 0 Å². The van der Waals surface area contributed by atoms with E-state index in [9.17, 15) is 4.79 Å². The first-order valence-electron chi connectivity index (χ1n) is 7.06. The standard InChI is InChI=1S/C15H23N3O2.2ClH/c1-12-4-3-7-17-13(12)10-18-14(19)15(11-20-2)5-8-16-9-6-15;;/h3-4,7,16H,5-6,8-11H2,1-2H3,(H,18,19);2*1H. The maximum absolute atomic E-state index is 12.5. The van der Waals surface area contributed by atoms with E-state index in [1.54, 1.807) is 13.3 Å². The Balaban J connectivity index is 0.00000220. The summed E-state index contributed by atoms with van der Waals surface area (Å²) in [4.78, 5) is 16.9. The number of ether oxygens (including phenoxy) is 1. The lowest BCUT2D eigenvalue weighted by Gasteiger charge is -2.35. The molecule has 1 fully saturated rings. The zero-order valence-corrected chi connectivity index (χ0v) is 14.7. The minimum Gasteiger partial charge on any atom is -0.384 e. The molecule has 0 unspecified atom stereocenters. The Morgan fingerprint density at radius 1 is 1.41 bits per heavy atom. The van der Waals surface area contributed by atoms with Crippen LogP contribution >= 0.6 is 24.8 Å². The normalized spacial score (nSPS) is 16.1. The third-order valence-electron chi connectivity index (χ3n) is 4.00. The summed E-state index contributed by atoms with van der Waals surface area (Å²) < 4.78 is 5.28. The van der Waals surface area contributed by atoms with Crippen LogP contribution in [0.15, 0.2) is 18.3 Å². The van der Waals surface area contributed by atoms with E-state index in [-0.39, 0.29) is 30.7 Å². The van der Waals surface area contributed by atoms with Gasteiger partial charge in [0.25, 0.3) is 0 Å². The molecule has 0 aromatic carbocycles. The molecule has 1 saturated heterocycles. The SMILES string of the molecule is COCC1(C(=O)NCc2ncccc2C)CCNCC1.Cl.Cl. The molecule has 1 aliphatic rings. The van der Waals surface area contributed by atoms with Gasteiger partial charge in [0.15, 0.2) is 0 Å². The fourth-order valence-corrected chi connectivity index (χ4v) is 2.67. The van der Waals surface area contributed by atoms with Gasteiger partial charge in [-0.3, -0.25) is 9.78 Å². The molecular formula is C15H25Cl2N3O2. The van der Waals surface area contributed by atoms with Crippen molar-refractivity contribution in [2.45, 2.75) is 26.3 Å². The maximum atomic E-state index is 12.5. The predicted molar refractivity (Wildman–Crippen MR) is 91.7 cm³/mol. The average Bonchev–Trinajstić information content (AvgIpc) is 2.47. The number of aryl methyl sites for hydroxylation is 1. The van der Waals surface area contributed by atoms with Gasteiger partial charge in [0.2, 0.25) is 5.91 Å². The molecule has 22 heavy (non-hydrogen) atoms. The number of piperidine rings is 1. The highest BCUT2D eigenvalue weighted by Crippen LogP contribution is 2.29. The second-order valence-corrected chi connectivity index (χ2v) is 5.41. The summed E-state index contributed by atoms with van der Waals surface area (Å²) in [5.41, 5.74) is 1.61. The monoisotopic (exact) mass is 349 g/mol.